The number of amides is 1. The van der Waals surface area contributed by atoms with E-state index >= 15 is 0 Å². The fourth-order valence-electron chi connectivity index (χ4n) is 1.45. The first-order chi connectivity index (χ1) is 7.54. The number of halogens is 1. The molecule has 0 atom stereocenters. The number of carboxylic acids is 1. The minimum absolute atomic E-state index is 0.153. The highest BCUT2D eigenvalue weighted by Crippen LogP contribution is 2.46. The van der Waals surface area contributed by atoms with E-state index in [1.807, 2.05) is 0 Å². The zero-order chi connectivity index (χ0) is 11.8. The van der Waals surface area contributed by atoms with Gasteiger partial charge in [0.15, 0.2) is 5.22 Å². The fraction of sp³-hybridized carbons (Fsp3) is 0.400. The van der Waals surface area contributed by atoms with Crippen LogP contribution in [0.1, 0.15) is 18.6 Å². The Bertz CT molecular complexity index is 436. The molecule has 1 aliphatic rings. The number of rotatable bonds is 4. The van der Waals surface area contributed by atoms with Gasteiger partial charge in [-0.15, -0.1) is 0 Å². The Morgan fingerprint density at radius 2 is 2.19 bits per heavy atom. The summed E-state index contributed by atoms with van der Waals surface area (Å²) in [5, 5.41) is 11.6. The van der Waals surface area contributed by atoms with Crippen LogP contribution in [0.25, 0.3) is 0 Å². The topological polar surface area (TPSA) is 79.5 Å². The Balaban J connectivity index is 1.92. The van der Waals surface area contributed by atoms with Crippen molar-refractivity contribution in [2.75, 3.05) is 0 Å². The monoisotopic (exact) mass is 243 g/mol. The first-order valence-electron chi connectivity index (χ1n) is 4.80. The molecule has 1 saturated carbocycles. The standard InChI is InChI=1S/C10H10ClNO4/c11-7-2-1-6(16-7)5-12-8(13)10(3-4-10)9(14)15/h1-2H,3-5H2,(H,12,13)(H,14,15). The molecule has 86 valence electrons. The smallest absolute Gasteiger partial charge is 0.319 e. The lowest BCUT2D eigenvalue weighted by molar-refractivity contribution is -0.149. The molecule has 0 saturated heterocycles. The van der Waals surface area contributed by atoms with Gasteiger partial charge in [-0.05, 0) is 36.6 Å². The zero-order valence-corrected chi connectivity index (χ0v) is 9.08. The van der Waals surface area contributed by atoms with Crippen molar-refractivity contribution in [3.8, 4) is 0 Å². The van der Waals surface area contributed by atoms with Crippen molar-refractivity contribution < 1.29 is 19.1 Å². The molecule has 0 aromatic carbocycles. The molecular weight excluding hydrogens is 234 g/mol. The van der Waals surface area contributed by atoms with E-state index in [0.29, 0.717) is 18.6 Å². The van der Waals surface area contributed by atoms with E-state index in [0.717, 1.165) is 0 Å². The predicted octanol–water partition coefficient (Wildman–Crippen LogP) is 1.41. The molecule has 2 rings (SSSR count). The normalized spacial score (nSPS) is 16.8. The average molecular weight is 244 g/mol. The van der Waals surface area contributed by atoms with Crippen LogP contribution in [0.2, 0.25) is 5.22 Å². The average Bonchev–Trinajstić information content (AvgIpc) is 2.95. The summed E-state index contributed by atoms with van der Waals surface area (Å²) < 4.78 is 5.03. The number of carbonyl (C=O) groups is 2. The quantitative estimate of drug-likeness (QED) is 0.784. The van der Waals surface area contributed by atoms with E-state index in [2.05, 4.69) is 5.32 Å². The van der Waals surface area contributed by atoms with Gasteiger partial charge in [-0.25, -0.2) is 0 Å². The minimum Gasteiger partial charge on any atom is -0.480 e. The van der Waals surface area contributed by atoms with E-state index in [4.69, 9.17) is 21.1 Å². The van der Waals surface area contributed by atoms with Crippen molar-refractivity contribution >= 4 is 23.5 Å². The molecule has 0 unspecified atom stereocenters. The molecule has 0 aliphatic heterocycles. The third-order valence-corrected chi connectivity index (χ3v) is 2.85. The molecule has 16 heavy (non-hydrogen) atoms. The van der Waals surface area contributed by atoms with Crippen molar-refractivity contribution in [2.45, 2.75) is 19.4 Å². The van der Waals surface area contributed by atoms with Crippen molar-refractivity contribution in [3.05, 3.63) is 23.1 Å². The second-order valence-corrected chi connectivity index (χ2v) is 4.15. The maximum atomic E-state index is 11.6. The van der Waals surface area contributed by atoms with Crippen molar-refractivity contribution in [2.24, 2.45) is 5.41 Å². The van der Waals surface area contributed by atoms with Crippen LogP contribution in [0.3, 0.4) is 0 Å². The molecular formula is C10H10ClNO4. The molecule has 6 heteroatoms. The summed E-state index contributed by atoms with van der Waals surface area (Å²) in [6.45, 7) is 0.153. The van der Waals surface area contributed by atoms with E-state index in [-0.39, 0.29) is 11.8 Å². The summed E-state index contributed by atoms with van der Waals surface area (Å²) in [5.74, 6) is -1.03. The van der Waals surface area contributed by atoms with Crippen molar-refractivity contribution in [1.29, 1.82) is 0 Å². The van der Waals surface area contributed by atoms with Crippen LogP contribution in [-0.2, 0) is 16.1 Å². The van der Waals surface area contributed by atoms with Crippen molar-refractivity contribution in [3.63, 3.8) is 0 Å². The summed E-state index contributed by atoms with van der Waals surface area (Å²) in [6, 6.07) is 3.19. The van der Waals surface area contributed by atoms with Gasteiger partial charge in [-0.1, -0.05) is 0 Å². The fourth-order valence-corrected chi connectivity index (χ4v) is 1.61. The summed E-state index contributed by atoms with van der Waals surface area (Å²) in [4.78, 5) is 22.4. The van der Waals surface area contributed by atoms with Gasteiger partial charge < -0.3 is 14.8 Å². The van der Waals surface area contributed by atoms with Gasteiger partial charge in [-0.3, -0.25) is 9.59 Å². The van der Waals surface area contributed by atoms with Gasteiger partial charge in [0.2, 0.25) is 5.91 Å². The molecule has 1 amide bonds. The molecule has 0 radical (unpaired) electrons. The second kappa shape index (κ2) is 3.83. The maximum Gasteiger partial charge on any atom is 0.319 e. The SMILES string of the molecule is O=C(O)C1(C(=O)NCc2ccc(Cl)o2)CC1. The number of nitrogens with one attached hydrogen (secondary N) is 1. The maximum absolute atomic E-state index is 11.6. The number of hydrogen-bond donors (Lipinski definition) is 2. The number of carboxylic acid groups (broad SMARTS) is 1. The Morgan fingerprint density at radius 1 is 1.50 bits per heavy atom. The molecule has 5 nitrogen and oxygen atoms in total. The third kappa shape index (κ3) is 1.90. The van der Waals surface area contributed by atoms with E-state index in [9.17, 15) is 9.59 Å². The lowest BCUT2D eigenvalue weighted by atomic mass is 10.1. The van der Waals surface area contributed by atoms with Crippen LogP contribution in [0.5, 0.6) is 0 Å². The zero-order valence-electron chi connectivity index (χ0n) is 8.33. The third-order valence-electron chi connectivity index (χ3n) is 2.65. The molecule has 2 N–H and O–H groups in total. The highest BCUT2D eigenvalue weighted by Gasteiger charge is 2.56. The van der Waals surface area contributed by atoms with Gasteiger partial charge in [0.05, 0.1) is 6.54 Å². The predicted molar refractivity (Wildman–Crippen MR) is 54.9 cm³/mol. The molecule has 1 aromatic heterocycles. The van der Waals surface area contributed by atoms with Crippen LogP contribution >= 0.6 is 11.6 Å². The highest BCUT2D eigenvalue weighted by molar-refractivity contribution is 6.28. The Labute approximate surface area is 96.4 Å². The summed E-state index contributed by atoms with van der Waals surface area (Å²) in [7, 11) is 0. The summed E-state index contributed by atoms with van der Waals surface area (Å²) in [6.07, 6.45) is 0.792. The van der Waals surface area contributed by atoms with E-state index < -0.39 is 17.3 Å². The molecule has 1 aliphatic carbocycles. The molecule has 1 heterocycles. The van der Waals surface area contributed by atoms with Gasteiger partial charge in [0, 0.05) is 0 Å². The van der Waals surface area contributed by atoms with Gasteiger partial charge >= 0.3 is 5.97 Å². The lowest BCUT2D eigenvalue weighted by Crippen LogP contribution is -2.36. The Morgan fingerprint density at radius 3 is 2.62 bits per heavy atom. The number of aliphatic carboxylic acids is 1. The molecule has 0 bridgehead atoms. The van der Waals surface area contributed by atoms with Crippen LogP contribution in [0.15, 0.2) is 16.5 Å². The first kappa shape index (κ1) is 11.0. The number of hydrogen-bond acceptors (Lipinski definition) is 3. The molecule has 1 aromatic rings. The van der Waals surface area contributed by atoms with Crippen LogP contribution in [0.4, 0.5) is 0 Å². The Kier molecular flexibility index (Phi) is 2.63. The van der Waals surface area contributed by atoms with Crippen LogP contribution in [-0.4, -0.2) is 17.0 Å². The summed E-state index contributed by atoms with van der Waals surface area (Å²) in [5.41, 5.74) is -1.21. The second-order valence-electron chi connectivity index (χ2n) is 3.78. The number of carbonyl (C=O) groups excluding carboxylic acids is 1. The highest BCUT2D eigenvalue weighted by atomic mass is 35.5. The van der Waals surface area contributed by atoms with Crippen LogP contribution < -0.4 is 5.32 Å². The molecule has 1 fully saturated rings. The lowest BCUT2D eigenvalue weighted by Gasteiger charge is -2.09. The Hall–Kier alpha value is -1.49. The van der Waals surface area contributed by atoms with Gasteiger partial charge in [0.25, 0.3) is 0 Å². The first-order valence-corrected chi connectivity index (χ1v) is 5.18. The van der Waals surface area contributed by atoms with Gasteiger partial charge in [0.1, 0.15) is 11.2 Å². The van der Waals surface area contributed by atoms with E-state index in [1.165, 1.54) is 0 Å². The van der Waals surface area contributed by atoms with Gasteiger partial charge in [-0.2, -0.15) is 0 Å². The minimum atomic E-state index is -1.21. The van der Waals surface area contributed by atoms with Crippen molar-refractivity contribution in [1.82, 2.24) is 5.32 Å². The van der Waals surface area contributed by atoms with Crippen LogP contribution in [0, 0.1) is 5.41 Å². The molecule has 0 spiro atoms. The summed E-state index contributed by atoms with van der Waals surface area (Å²) >= 11 is 5.55. The van der Waals surface area contributed by atoms with E-state index in [1.54, 1.807) is 12.1 Å². The largest absolute Gasteiger partial charge is 0.480 e. The number of furan rings is 1.